The Kier molecular flexibility index (Phi) is 4.77. The molecule has 0 radical (unpaired) electrons. The van der Waals surface area contributed by atoms with E-state index < -0.39 is 0 Å². The summed E-state index contributed by atoms with van der Waals surface area (Å²) in [5.74, 6) is 0.765. The van der Waals surface area contributed by atoms with Crippen LogP contribution < -0.4 is 5.32 Å². The van der Waals surface area contributed by atoms with Gasteiger partial charge in [0.25, 0.3) is 0 Å². The van der Waals surface area contributed by atoms with E-state index in [0.29, 0.717) is 32.1 Å². The lowest BCUT2D eigenvalue weighted by molar-refractivity contribution is -0.136. The fourth-order valence-electron chi connectivity index (χ4n) is 2.64. The number of carbonyl (C=O) groups excluding carboxylic acids is 1. The number of ether oxygens (including phenoxy) is 1. The molecule has 1 aliphatic heterocycles. The molecule has 0 fully saturated rings. The molecule has 6 heteroatoms. The van der Waals surface area contributed by atoms with Crippen molar-refractivity contribution < 1.29 is 9.53 Å². The van der Waals surface area contributed by atoms with Gasteiger partial charge in [-0.3, -0.25) is 4.79 Å². The van der Waals surface area contributed by atoms with Gasteiger partial charge >= 0.3 is 0 Å². The number of aromatic nitrogens is 2. The number of nitrogens with zero attached hydrogens (tertiary/aromatic N) is 3. The van der Waals surface area contributed by atoms with Crippen molar-refractivity contribution in [1.82, 2.24) is 14.9 Å². The molecule has 0 unspecified atom stereocenters. The zero-order chi connectivity index (χ0) is 15.5. The van der Waals surface area contributed by atoms with Gasteiger partial charge in [-0.05, 0) is 20.3 Å². The minimum absolute atomic E-state index is 0.175. The molecule has 1 aromatic heterocycles. The molecule has 0 aliphatic carbocycles. The summed E-state index contributed by atoms with van der Waals surface area (Å²) in [6.45, 7) is 7.94. The fraction of sp³-hybridized carbons (Fsp3) is 0.667. The Morgan fingerprint density at radius 1 is 1.52 bits per heavy atom. The van der Waals surface area contributed by atoms with Crippen LogP contribution in [0.25, 0.3) is 0 Å². The Hall–Kier alpha value is -1.69. The zero-order valence-corrected chi connectivity index (χ0v) is 13.3. The third-order valence-electron chi connectivity index (χ3n) is 3.86. The molecule has 1 aliphatic rings. The van der Waals surface area contributed by atoms with Gasteiger partial charge in [-0.2, -0.15) is 0 Å². The summed E-state index contributed by atoms with van der Waals surface area (Å²) >= 11 is 0. The average Bonchev–Trinajstić information content (AvgIpc) is 2.71. The molecule has 21 heavy (non-hydrogen) atoms. The topological polar surface area (TPSA) is 67.4 Å². The highest BCUT2D eigenvalue weighted by Gasteiger charge is 2.41. The zero-order valence-electron chi connectivity index (χ0n) is 13.3. The number of hydrogen-bond acceptors (Lipinski definition) is 5. The number of anilines is 1. The molecule has 0 atom stereocenters. The summed E-state index contributed by atoms with van der Waals surface area (Å²) in [7, 11) is 1.66. The summed E-state index contributed by atoms with van der Waals surface area (Å²) in [5, 5.41) is 3.12. The second-order valence-corrected chi connectivity index (χ2v) is 5.76. The van der Waals surface area contributed by atoms with Crippen LogP contribution in [0, 0.1) is 0 Å². The molecule has 0 saturated carbocycles. The van der Waals surface area contributed by atoms with E-state index in [1.54, 1.807) is 7.11 Å². The summed E-state index contributed by atoms with van der Waals surface area (Å²) < 4.78 is 4.99. The first-order chi connectivity index (χ1) is 10.0. The maximum atomic E-state index is 12.3. The predicted molar refractivity (Wildman–Crippen MR) is 80.9 cm³/mol. The van der Waals surface area contributed by atoms with E-state index in [2.05, 4.69) is 15.3 Å². The number of fused-ring (bicyclic) bond motifs is 1. The van der Waals surface area contributed by atoms with Crippen molar-refractivity contribution in [2.24, 2.45) is 0 Å². The first-order valence-corrected chi connectivity index (χ1v) is 7.40. The summed E-state index contributed by atoms with van der Waals surface area (Å²) in [6, 6.07) is 0. The number of carbonyl (C=O) groups is 1. The van der Waals surface area contributed by atoms with Crippen LogP contribution >= 0.6 is 0 Å². The van der Waals surface area contributed by atoms with Gasteiger partial charge in [0.2, 0.25) is 11.9 Å². The molecule has 1 N–H and O–H groups in total. The van der Waals surface area contributed by atoms with E-state index in [1.807, 2.05) is 31.9 Å². The van der Waals surface area contributed by atoms with E-state index in [0.717, 1.165) is 17.7 Å². The highest BCUT2D eigenvalue weighted by molar-refractivity contribution is 5.78. The number of amides is 1. The van der Waals surface area contributed by atoms with Gasteiger partial charge in [0.1, 0.15) is 0 Å². The van der Waals surface area contributed by atoms with Gasteiger partial charge in [0.05, 0.1) is 24.4 Å². The van der Waals surface area contributed by atoms with Gasteiger partial charge in [-0.1, -0.05) is 6.92 Å². The fourth-order valence-corrected chi connectivity index (χ4v) is 2.64. The van der Waals surface area contributed by atoms with Crippen LogP contribution in [-0.4, -0.2) is 41.0 Å². The van der Waals surface area contributed by atoms with Crippen LogP contribution in [0.2, 0.25) is 0 Å². The first kappa shape index (κ1) is 15.7. The van der Waals surface area contributed by atoms with E-state index >= 15 is 0 Å². The summed E-state index contributed by atoms with van der Waals surface area (Å²) in [6.07, 6.45) is 3.26. The lowest BCUT2D eigenvalue weighted by Crippen LogP contribution is -2.40. The molecule has 2 rings (SSSR count). The Labute approximate surface area is 125 Å². The largest absolute Gasteiger partial charge is 0.383 e. The van der Waals surface area contributed by atoms with Crippen molar-refractivity contribution in [1.29, 1.82) is 0 Å². The summed E-state index contributed by atoms with van der Waals surface area (Å²) in [4.78, 5) is 23.1. The number of nitrogens with one attached hydrogen (secondary N) is 1. The van der Waals surface area contributed by atoms with E-state index in [1.165, 1.54) is 0 Å². The summed E-state index contributed by atoms with van der Waals surface area (Å²) in [5.41, 5.74) is 1.62. The minimum Gasteiger partial charge on any atom is -0.383 e. The maximum absolute atomic E-state index is 12.3. The molecule has 0 spiro atoms. The second kappa shape index (κ2) is 6.39. The lowest BCUT2D eigenvalue weighted by atomic mass is 9.97. The Balaban J connectivity index is 2.17. The van der Waals surface area contributed by atoms with E-state index in [4.69, 9.17) is 4.74 Å². The van der Waals surface area contributed by atoms with E-state index in [9.17, 15) is 4.79 Å². The van der Waals surface area contributed by atoms with Crippen molar-refractivity contribution in [2.75, 3.05) is 25.6 Å². The van der Waals surface area contributed by atoms with Crippen LogP contribution in [-0.2, 0) is 21.6 Å². The Bertz CT molecular complexity index is 516. The molecule has 2 heterocycles. The quantitative estimate of drug-likeness (QED) is 0.811. The average molecular weight is 292 g/mol. The second-order valence-electron chi connectivity index (χ2n) is 5.76. The standard InChI is InChI=1S/C15H24N4O2/c1-5-6-13(20)19-10-12-11(15(19,2)3)9-17-14(18-12)16-7-8-21-4/h9H,5-8,10H2,1-4H3,(H,16,17,18). The highest BCUT2D eigenvalue weighted by atomic mass is 16.5. The van der Waals surface area contributed by atoms with Crippen molar-refractivity contribution >= 4 is 11.9 Å². The van der Waals surface area contributed by atoms with Crippen LogP contribution in [0.15, 0.2) is 6.20 Å². The number of rotatable bonds is 6. The van der Waals surface area contributed by atoms with Crippen LogP contribution in [0.1, 0.15) is 44.9 Å². The minimum atomic E-state index is -0.341. The molecule has 116 valence electrons. The third-order valence-corrected chi connectivity index (χ3v) is 3.86. The van der Waals surface area contributed by atoms with E-state index in [-0.39, 0.29) is 11.4 Å². The van der Waals surface area contributed by atoms with Crippen LogP contribution in [0.3, 0.4) is 0 Å². The Morgan fingerprint density at radius 2 is 2.29 bits per heavy atom. The molecular weight excluding hydrogens is 268 g/mol. The molecule has 1 amide bonds. The predicted octanol–water partition coefficient (Wildman–Crippen LogP) is 1.91. The molecule has 0 saturated heterocycles. The molecule has 6 nitrogen and oxygen atoms in total. The van der Waals surface area contributed by atoms with Gasteiger partial charge in [-0.25, -0.2) is 9.97 Å². The normalized spacial score (nSPS) is 15.9. The van der Waals surface area contributed by atoms with Crippen LogP contribution in [0.4, 0.5) is 5.95 Å². The number of hydrogen-bond donors (Lipinski definition) is 1. The first-order valence-electron chi connectivity index (χ1n) is 7.40. The maximum Gasteiger partial charge on any atom is 0.223 e. The van der Waals surface area contributed by atoms with Gasteiger partial charge in [0, 0.05) is 31.8 Å². The lowest BCUT2D eigenvalue weighted by Gasteiger charge is -2.32. The van der Waals surface area contributed by atoms with Gasteiger partial charge < -0.3 is 15.0 Å². The van der Waals surface area contributed by atoms with Crippen molar-refractivity contribution in [3.8, 4) is 0 Å². The smallest absolute Gasteiger partial charge is 0.223 e. The van der Waals surface area contributed by atoms with Crippen molar-refractivity contribution in [2.45, 2.75) is 45.7 Å². The van der Waals surface area contributed by atoms with Crippen molar-refractivity contribution in [3.05, 3.63) is 17.5 Å². The third kappa shape index (κ3) is 3.15. The van der Waals surface area contributed by atoms with Crippen LogP contribution in [0.5, 0.6) is 0 Å². The van der Waals surface area contributed by atoms with Crippen molar-refractivity contribution in [3.63, 3.8) is 0 Å². The SMILES string of the molecule is CCCC(=O)N1Cc2nc(NCCOC)ncc2C1(C)C. The molecular formula is C15H24N4O2. The molecule has 0 bridgehead atoms. The number of methoxy groups -OCH3 is 1. The molecule has 1 aromatic rings. The Morgan fingerprint density at radius 3 is 2.95 bits per heavy atom. The monoisotopic (exact) mass is 292 g/mol. The van der Waals surface area contributed by atoms with Gasteiger partial charge in [0.15, 0.2) is 0 Å². The van der Waals surface area contributed by atoms with Gasteiger partial charge in [-0.15, -0.1) is 0 Å². The molecule has 0 aromatic carbocycles. The highest BCUT2D eigenvalue weighted by Crippen LogP contribution is 2.38.